The summed E-state index contributed by atoms with van der Waals surface area (Å²) in [5.41, 5.74) is 0. The minimum atomic E-state index is -1.80. The van der Waals surface area contributed by atoms with Crippen molar-refractivity contribution in [2.75, 3.05) is 0 Å². The number of hydrogen-bond donors (Lipinski definition) is 0. The zero-order valence-electron chi connectivity index (χ0n) is 5.26. The SMILES string of the molecule is C[Si](Cl)(Cl)CCC[Si]Cl. The van der Waals surface area contributed by atoms with Gasteiger partial charge < -0.3 is 0 Å². The normalized spacial score (nSPS) is 12.0. The fourth-order valence-corrected chi connectivity index (χ4v) is 3.13. The van der Waals surface area contributed by atoms with Crippen molar-refractivity contribution in [3.05, 3.63) is 0 Å². The Balaban J connectivity index is 3.07. The van der Waals surface area contributed by atoms with Gasteiger partial charge in [0, 0.05) is 0 Å². The van der Waals surface area contributed by atoms with Crippen LogP contribution in [0.3, 0.4) is 0 Å². The Bertz CT molecular complexity index is 70.7. The van der Waals surface area contributed by atoms with E-state index in [0.29, 0.717) is 8.83 Å². The van der Waals surface area contributed by atoms with E-state index in [2.05, 4.69) is 0 Å². The Morgan fingerprint density at radius 3 is 2.33 bits per heavy atom. The fraction of sp³-hybridized carbons (Fsp3) is 1.00. The minimum absolute atomic E-state index is 0.521. The van der Waals surface area contributed by atoms with Crippen LogP contribution < -0.4 is 0 Å². The average molecular weight is 220 g/mol. The quantitative estimate of drug-likeness (QED) is 0.387. The van der Waals surface area contributed by atoms with E-state index in [1.165, 1.54) is 0 Å². The van der Waals surface area contributed by atoms with Gasteiger partial charge in [0.15, 0.2) is 8.83 Å². The third kappa shape index (κ3) is 9.30. The molecule has 0 heterocycles. The van der Waals surface area contributed by atoms with Gasteiger partial charge in [0.2, 0.25) is 6.69 Å². The Hall–Kier alpha value is 1.30. The molecule has 0 atom stereocenters. The highest BCUT2D eigenvalue weighted by molar-refractivity contribution is 7.44. The summed E-state index contributed by atoms with van der Waals surface area (Å²) in [6.45, 7) is 0.134. The lowest BCUT2D eigenvalue weighted by atomic mass is 10.6. The molecule has 0 bridgehead atoms. The summed E-state index contributed by atoms with van der Waals surface area (Å²) in [6.07, 6.45) is 1.08. The summed E-state index contributed by atoms with van der Waals surface area (Å²) in [5, 5.41) is 0. The van der Waals surface area contributed by atoms with Crippen molar-refractivity contribution in [3.8, 4) is 0 Å². The van der Waals surface area contributed by atoms with Crippen LogP contribution in [0.4, 0.5) is 0 Å². The molecule has 0 aromatic rings. The van der Waals surface area contributed by atoms with E-state index < -0.39 is 6.69 Å². The zero-order valence-corrected chi connectivity index (χ0v) is 9.52. The predicted octanol–water partition coefficient (Wildman–Crippen LogP) is 3.20. The van der Waals surface area contributed by atoms with E-state index in [4.69, 9.17) is 33.2 Å². The van der Waals surface area contributed by atoms with Gasteiger partial charge in [-0.15, -0.1) is 22.2 Å². The molecule has 0 unspecified atom stereocenters. The standard InChI is InChI=1S/C4H9Cl3Si2/c1-9(6,7)4-2-3-8-5/h2-4H2,1H3. The van der Waals surface area contributed by atoms with E-state index in [1.807, 2.05) is 6.55 Å². The molecular formula is C4H9Cl3Si2. The molecule has 0 amide bonds. The molecule has 0 spiro atoms. The molecule has 2 radical (unpaired) electrons. The second kappa shape index (κ2) is 5.02. The van der Waals surface area contributed by atoms with Crippen LogP contribution in [0.5, 0.6) is 0 Å². The van der Waals surface area contributed by atoms with Crippen molar-refractivity contribution in [2.24, 2.45) is 0 Å². The monoisotopic (exact) mass is 218 g/mol. The Labute approximate surface area is 73.8 Å². The summed E-state index contributed by atoms with van der Waals surface area (Å²) in [6, 6.07) is 2.03. The minimum Gasteiger partial charge on any atom is -0.171 e. The van der Waals surface area contributed by atoms with Crippen LogP contribution in [-0.4, -0.2) is 15.5 Å². The van der Waals surface area contributed by atoms with Gasteiger partial charge in [-0.1, -0.05) is 6.42 Å². The maximum atomic E-state index is 5.83. The summed E-state index contributed by atoms with van der Waals surface area (Å²) in [7, 11) is 0.521. The Morgan fingerprint density at radius 1 is 1.44 bits per heavy atom. The number of rotatable bonds is 4. The molecule has 0 saturated carbocycles. The van der Waals surface area contributed by atoms with E-state index in [9.17, 15) is 0 Å². The summed E-state index contributed by atoms with van der Waals surface area (Å²) < 4.78 is 0. The molecule has 0 N–H and O–H groups in total. The van der Waals surface area contributed by atoms with E-state index in [0.717, 1.165) is 18.5 Å². The first-order chi connectivity index (χ1) is 4.06. The molecule has 0 aromatic heterocycles. The Morgan fingerprint density at radius 2 is 2.00 bits per heavy atom. The number of hydrogen-bond acceptors (Lipinski definition) is 0. The van der Waals surface area contributed by atoms with Crippen molar-refractivity contribution in [1.82, 2.24) is 0 Å². The van der Waals surface area contributed by atoms with Crippen LogP contribution in [0.15, 0.2) is 0 Å². The third-order valence-electron chi connectivity index (χ3n) is 0.887. The van der Waals surface area contributed by atoms with Crippen LogP contribution in [0.25, 0.3) is 0 Å². The first-order valence-electron chi connectivity index (χ1n) is 2.77. The number of halogens is 3. The molecule has 0 saturated heterocycles. The third-order valence-corrected chi connectivity index (χ3v) is 4.36. The second-order valence-corrected chi connectivity index (χ2v) is 11.9. The predicted molar refractivity (Wildman–Crippen MR) is 49.2 cm³/mol. The lowest BCUT2D eigenvalue weighted by molar-refractivity contribution is 1.06. The van der Waals surface area contributed by atoms with Gasteiger partial charge in [-0.25, -0.2) is 0 Å². The lowest BCUT2D eigenvalue weighted by Crippen LogP contribution is -2.11. The first-order valence-corrected chi connectivity index (χ1v) is 9.72. The van der Waals surface area contributed by atoms with Gasteiger partial charge in [-0.3, -0.25) is 0 Å². The summed E-state index contributed by atoms with van der Waals surface area (Å²) in [5.74, 6) is 0. The van der Waals surface area contributed by atoms with Crippen LogP contribution in [0.1, 0.15) is 6.42 Å². The molecule has 9 heavy (non-hydrogen) atoms. The molecule has 0 rings (SSSR count). The summed E-state index contributed by atoms with van der Waals surface area (Å²) >= 11 is 17.2. The Kier molecular flexibility index (Phi) is 5.75. The molecule has 0 aromatic carbocycles. The van der Waals surface area contributed by atoms with Crippen molar-refractivity contribution in [1.29, 1.82) is 0 Å². The van der Waals surface area contributed by atoms with Crippen LogP contribution in [0, 0.1) is 0 Å². The van der Waals surface area contributed by atoms with Crippen molar-refractivity contribution < 1.29 is 0 Å². The molecule has 54 valence electrons. The summed E-state index contributed by atoms with van der Waals surface area (Å²) in [4.78, 5) is 0. The molecule has 5 heteroatoms. The van der Waals surface area contributed by atoms with Gasteiger partial charge in [-0.05, 0) is 18.6 Å². The maximum absolute atomic E-state index is 5.83. The maximum Gasteiger partial charge on any atom is 0.248 e. The van der Waals surface area contributed by atoms with Crippen molar-refractivity contribution >= 4 is 48.8 Å². The van der Waals surface area contributed by atoms with Crippen molar-refractivity contribution in [2.45, 2.75) is 25.1 Å². The fourth-order valence-electron chi connectivity index (χ4n) is 0.466. The van der Waals surface area contributed by atoms with E-state index >= 15 is 0 Å². The van der Waals surface area contributed by atoms with Crippen LogP contribution in [-0.2, 0) is 0 Å². The van der Waals surface area contributed by atoms with E-state index in [-0.39, 0.29) is 0 Å². The van der Waals surface area contributed by atoms with Crippen LogP contribution in [0.2, 0.25) is 18.6 Å². The van der Waals surface area contributed by atoms with Gasteiger partial charge in [-0.2, -0.15) is 11.1 Å². The topological polar surface area (TPSA) is 0 Å². The first kappa shape index (κ1) is 10.3. The van der Waals surface area contributed by atoms with E-state index in [1.54, 1.807) is 0 Å². The lowest BCUT2D eigenvalue weighted by Gasteiger charge is -2.07. The van der Waals surface area contributed by atoms with Gasteiger partial charge in [0.05, 0.1) is 0 Å². The van der Waals surface area contributed by atoms with Gasteiger partial charge >= 0.3 is 0 Å². The molecule has 0 aliphatic rings. The molecule has 0 aliphatic heterocycles. The average Bonchev–Trinajstić information content (AvgIpc) is 1.63. The smallest absolute Gasteiger partial charge is 0.171 e. The zero-order chi connectivity index (χ0) is 7.33. The van der Waals surface area contributed by atoms with Crippen molar-refractivity contribution in [3.63, 3.8) is 0 Å². The second-order valence-electron chi connectivity index (χ2n) is 2.06. The molecule has 0 aliphatic carbocycles. The molecular weight excluding hydrogens is 211 g/mol. The highest BCUT2D eigenvalue weighted by atomic mass is 35.7. The molecule has 0 nitrogen and oxygen atoms in total. The largest absolute Gasteiger partial charge is 0.248 e. The van der Waals surface area contributed by atoms with Gasteiger partial charge in [0.25, 0.3) is 0 Å². The van der Waals surface area contributed by atoms with Crippen LogP contribution >= 0.6 is 33.2 Å². The molecule has 0 fully saturated rings. The van der Waals surface area contributed by atoms with Gasteiger partial charge in [0.1, 0.15) is 0 Å². The highest BCUT2D eigenvalue weighted by Crippen LogP contribution is 2.22. The highest BCUT2D eigenvalue weighted by Gasteiger charge is 2.19.